The van der Waals surface area contributed by atoms with E-state index in [9.17, 15) is 5.11 Å². The van der Waals surface area contributed by atoms with E-state index in [0.717, 1.165) is 0 Å². The maximum atomic E-state index is 11.4. The minimum absolute atomic E-state index is 0. The van der Waals surface area contributed by atoms with E-state index in [2.05, 4.69) is 4.98 Å². The summed E-state index contributed by atoms with van der Waals surface area (Å²) in [7, 11) is 0. The second kappa shape index (κ2) is 4.84. The van der Waals surface area contributed by atoms with Gasteiger partial charge in [-0.15, -0.1) is 0 Å². The van der Waals surface area contributed by atoms with Gasteiger partial charge in [-0.3, -0.25) is 0 Å². The molecule has 5 heteroatoms. The predicted molar refractivity (Wildman–Crippen MR) is 46.4 cm³/mol. The fourth-order valence-corrected chi connectivity index (χ4v) is 1.19. The molecule has 66 valence electrons. The van der Waals surface area contributed by atoms with Crippen LogP contribution in [0.15, 0.2) is 35.1 Å². The van der Waals surface area contributed by atoms with Crippen LogP contribution in [-0.4, -0.2) is 4.98 Å². The van der Waals surface area contributed by atoms with Crippen molar-refractivity contribution in [1.82, 2.24) is 4.98 Å². The first-order valence-corrected chi connectivity index (χ1v) is 4.01. The average molecular weight is 218 g/mol. The number of hydrogen-bond acceptors (Lipinski definition) is 3. The molecule has 1 heterocycles. The number of halogens is 1. The van der Waals surface area contributed by atoms with E-state index in [1.54, 1.807) is 12.1 Å². The fourth-order valence-electron chi connectivity index (χ4n) is 1.03. The van der Waals surface area contributed by atoms with Crippen molar-refractivity contribution in [2.45, 2.75) is 0 Å². The van der Waals surface area contributed by atoms with Crippen molar-refractivity contribution in [3.05, 3.63) is 35.7 Å². The molecule has 1 aromatic heterocycles. The van der Waals surface area contributed by atoms with Crippen LogP contribution in [0.25, 0.3) is 11.5 Å². The molecule has 0 saturated heterocycles. The number of benzene rings is 1. The zero-order chi connectivity index (χ0) is 9.26. The molecule has 1 aromatic carbocycles. The smallest absolute Gasteiger partial charge is 0.872 e. The van der Waals surface area contributed by atoms with Crippen molar-refractivity contribution in [1.29, 1.82) is 0 Å². The van der Waals surface area contributed by atoms with Crippen LogP contribution >= 0.6 is 11.6 Å². The Bertz CT molecular complexity index is 417. The summed E-state index contributed by atoms with van der Waals surface area (Å²) in [5, 5.41) is 11.8. The van der Waals surface area contributed by atoms with Crippen molar-refractivity contribution >= 4 is 11.6 Å². The number of hydrogen-bond donors (Lipinski definition) is 0. The van der Waals surface area contributed by atoms with E-state index in [0.29, 0.717) is 16.5 Å². The first-order chi connectivity index (χ1) is 6.27. The van der Waals surface area contributed by atoms with Gasteiger partial charge in [-0.1, -0.05) is 23.4 Å². The molecular weight excluding hydrogens is 213 g/mol. The molecule has 0 unspecified atom stereocenters. The van der Waals surface area contributed by atoms with Crippen LogP contribution in [0.5, 0.6) is 5.75 Å². The van der Waals surface area contributed by atoms with Crippen molar-refractivity contribution in [2.75, 3.05) is 0 Å². The Morgan fingerprint density at radius 1 is 1.36 bits per heavy atom. The Morgan fingerprint density at radius 2 is 2.14 bits per heavy atom. The third-order valence-electron chi connectivity index (χ3n) is 1.61. The maximum absolute atomic E-state index is 11.4. The van der Waals surface area contributed by atoms with Crippen molar-refractivity contribution in [3.8, 4) is 17.2 Å². The Kier molecular flexibility index (Phi) is 4.01. The average Bonchev–Trinajstić information content (AvgIpc) is 2.56. The third-order valence-corrected chi connectivity index (χ3v) is 1.84. The summed E-state index contributed by atoms with van der Waals surface area (Å²) in [4.78, 5) is 3.87. The molecule has 0 fully saturated rings. The third kappa shape index (κ3) is 2.30. The Labute approximate surface area is 108 Å². The van der Waals surface area contributed by atoms with Gasteiger partial charge in [-0.2, -0.15) is 0 Å². The molecule has 0 atom stereocenters. The molecule has 0 aliphatic heterocycles. The molecule has 0 amide bonds. The van der Waals surface area contributed by atoms with Crippen LogP contribution in [0.4, 0.5) is 0 Å². The van der Waals surface area contributed by atoms with Crippen LogP contribution in [0.2, 0.25) is 5.02 Å². The minimum Gasteiger partial charge on any atom is -0.872 e. The summed E-state index contributed by atoms with van der Waals surface area (Å²) >= 11 is 5.63. The van der Waals surface area contributed by atoms with Gasteiger partial charge in [0.15, 0.2) is 0 Å². The van der Waals surface area contributed by atoms with E-state index >= 15 is 0 Å². The van der Waals surface area contributed by atoms with E-state index in [4.69, 9.17) is 16.0 Å². The van der Waals surface area contributed by atoms with Crippen molar-refractivity contribution < 1.29 is 39.1 Å². The molecule has 0 bridgehead atoms. The van der Waals surface area contributed by atoms with Crippen LogP contribution in [0.1, 0.15) is 0 Å². The monoisotopic (exact) mass is 217 g/mol. The first-order valence-electron chi connectivity index (χ1n) is 3.64. The van der Waals surface area contributed by atoms with Crippen LogP contribution < -0.4 is 34.7 Å². The second-order valence-electron chi connectivity index (χ2n) is 2.48. The molecule has 0 N–H and O–H groups in total. The normalized spacial score (nSPS) is 9.50. The van der Waals surface area contributed by atoms with Crippen molar-refractivity contribution in [3.63, 3.8) is 0 Å². The Balaban J connectivity index is 0.000000980. The van der Waals surface area contributed by atoms with Gasteiger partial charge >= 0.3 is 29.6 Å². The van der Waals surface area contributed by atoms with E-state index in [-0.39, 0.29) is 35.3 Å². The van der Waals surface area contributed by atoms with E-state index in [1.165, 1.54) is 18.5 Å². The van der Waals surface area contributed by atoms with Gasteiger partial charge in [0.05, 0.1) is 6.20 Å². The van der Waals surface area contributed by atoms with E-state index < -0.39 is 0 Å². The summed E-state index contributed by atoms with van der Waals surface area (Å²) in [6.45, 7) is 0. The summed E-state index contributed by atoms with van der Waals surface area (Å²) in [5.41, 5.74) is 0.425. The van der Waals surface area contributed by atoms with Gasteiger partial charge in [0.1, 0.15) is 6.26 Å². The SMILES string of the molecule is [Na+].[O-]c1cc(Cl)ccc1-c1ncco1. The standard InChI is InChI=1S/C9H6ClNO2.Na/c10-6-1-2-7(8(12)5-6)9-11-3-4-13-9;/h1-5,12H;/q;+1/p-1. The maximum Gasteiger partial charge on any atom is 1.00 e. The van der Waals surface area contributed by atoms with Gasteiger partial charge in [-0.05, 0) is 12.1 Å². The van der Waals surface area contributed by atoms with E-state index in [1.807, 2.05) is 0 Å². The molecule has 0 aliphatic carbocycles. The zero-order valence-corrected chi connectivity index (χ0v) is 10.3. The molecular formula is C9H5ClNNaO2. The molecule has 2 aromatic rings. The van der Waals surface area contributed by atoms with Gasteiger partial charge in [0.2, 0.25) is 5.89 Å². The molecule has 0 spiro atoms. The molecule has 0 aliphatic rings. The van der Waals surface area contributed by atoms with Gasteiger partial charge < -0.3 is 9.52 Å². The van der Waals surface area contributed by atoms with Crippen molar-refractivity contribution in [2.24, 2.45) is 0 Å². The zero-order valence-electron chi connectivity index (χ0n) is 7.53. The number of aromatic nitrogens is 1. The number of oxazole rings is 1. The van der Waals surface area contributed by atoms with Crippen LogP contribution in [0, 0.1) is 0 Å². The largest absolute Gasteiger partial charge is 1.00 e. The number of nitrogens with zero attached hydrogens (tertiary/aromatic N) is 1. The summed E-state index contributed by atoms with van der Waals surface area (Å²) in [6, 6.07) is 4.56. The topological polar surface area (TPSA) is 49.1 Å². The fraction of sp³-hybridized carbons (Fsp3) is 0. The first kappa shape index (κ1) is 11.6. The van der Waals surface area contributed by atoms with Gasteiger partial charge in [0.25, 0.3) is 0 Å². The Hall–Kier alpha value is -0.480. The van der Waals surface area contributed by atoms with Crippen LogP contribution in [-0.2, 0) is 0 Å². The van der Waals surface area contributed by atoms with Gasteiger partial charge in [-0.25, -0.2) is 4.98 Å². The predicted octanol–water partition coefficient (Wildman–Crippen LogP) is -0.927. The quantitative estimate of drug-likeness (QED) is 0.580. The molecule has 3 nitrogen and oxygen atoms in total. The van der Waals surface area contributed by atoms with Crippen LogP contribution in [0.3, 0.4) is 0 Å². The molecule has 0 radical (unpaired) electrons. The molecule has 0 saturated carbocycles. The molecule has 2 rings (SSSR count). The summed E-state index contributed by atoms with van der Waals surface area (Å²) in [5.74, 6) is 0.136. The Morgan fingerprint density at radius 3 is 2.71 bits per heavy atom. The number of rotatable bonds is 1. The summed E-state index contributed by atoms with van der Waals surface area (Å²) < 4.78 is 4.99. The summed E-state index contributed by atoms with van der Waals surface area (Å²) in [6.07, 6.45) is 2.91. The minimum atomic E-state index is -0.185. The van der Waals surface area contributed by atoms with Gasteiger partial charge in [0, 0.05) is 10.6 Å². The second-order valence-corrected chi connectivity index (χ2v) is 2.91. The molecule has 14 heavy (non-hydrogen) atoms.